The van der Waals surface area contributed by atoms with Gasteiger partial charge in [0.2, 0.25) is 0 Å². The summed E-state index contributed by atoms with van der Waals surface area (Å²) in [5.41, 5.74) is 1.43. The van der Waals surface area contributed by atoms with Gasteiger partial charge in [-0.1, -0.05) is 53.0 Å². The zero-order chi connectivity index (χ0) is 10.6. The van der Waals surface area contributed by atoms with E-state index in [2.05, 4.69) is 0 Å². The van der Waals surface area contributed by atoms with Gasteiger partial charge in [0.15, 0.2) is 4.33 Å². The quantitative estimate of drug-likeness (QED) is 0.649. The van der Waals surface area contributed by atoms with Crippen LogP contribution in [0, 0.1) is 6.92 Å². The average Bonchev–Trinajstić information content (AvgIpc) is 2.42. The first-order valence-corrected chi connectivity index (χ1v) is 4.95. The molecule has 0 aromatic heterocycles. The summed E-state index contributed by atoms with van der Waals surface area (Å²) in [6.45, 7) is 1.84. The van der Waals surface area contributed by atoms with Gasteiger partial charge >= 0.3 is 0 Å². The van der Waals surface area contributed by atoms with Crippen molar-refractivity contribution in [3.05, 3.63) is 35.4 Å². The van der Waals surface area contributed by atoms with Gasteiger partial charge in [-0.25, -0.2) is 8.78 Å². The Morgan fingerprint density at radius 3 is 2.29 bits per heavy atom. The van der Waals surface area contributed by atoms with Gasteiger partial charge in [0, 0.05) is 0 Å². The Morgan fingerprint density at radius 1 is 1.29 bits per heavy atom. The number of rotatable bonds is 1. The van der Waals surface area contributed by atoms with Crippen molar-refractivity contribution in [2.24, 2.45) is 0 Å². The van der Waals surface area contributed by atoms with Crippen LogP contribution in [0.4, 0.5) is 8.78 Å². The first kappa shape index (κ1) is 10.2. The second kappa shape index (κ2) is 2.83. The standard InChI is InChI=1S/C10H8Cl2F2/c1-6-3-2-4-7(5-6)8-9(11,12)10(8,13)14/h2-5,8H,1H3. The van der Waals surface area contributed by atoms with Gasteiger partial charge in [-0.2, -0.15) is 0 Å². The third kappa shape index (κ3) is 1.24. The molecule has 1 aromatic rings. The highest BCUT2D eigenvalue weighted by molar-refractivity contribution is 6.52. The van der Waals surface area contributed by atoms with Crippen LogP contribution in [0.5, 0.6) is 0 Å². The molecule has 1 aliphatic rings. The minimum Gasteiger partial charge on any atom is -0.203 e. The molecule has 1 atom stereocenters. The van der Waals surface area contributed by atoms with Crippen molar-refractivity contribution in [3.8, 4) is 0 Å². The summed E-state index contributed by atoms with van der Waals surface area (Å²) in [6, 6.07) is 6.88. The van der Waals surface area contributed by atoms with E-state index >= 15 is 0 Å². The Kier molecular flexibility index (Phi) is 2.06. The largest absolute Gasteiger partial charge is 0.291 e. The summed E-state index contributed by atoms with van der Waals surface area (Å²) in [5.74, 6) is -4.08. The summed E-state index contributed by atoms with van der Waals surface area (Å²) < 4.78 is 24.3. The number of aryl methyl sites for hydroxylation is 1. The van der Waals surface area contributed by atoms with Crippen LogP contribution in [0.1, 0.15) is 17.0 Å². The van der Waals surface area contributed by atoms with Crippen molar-refractivity contribution in [2.75, 3.05) is 0 Å². The first-order chi connectivity index (χ1) is 6.37. The van der Waals surface area contributed by atoms with Crippen molar-refractivity contribution in [3.63, 3.8) is 0 Å². The summed E-state index contributed by atoms with van der Waals surface area (Å²) in [4.78, 5) is 0. The fourth-order valence-corrected chi connectivity index (χ4v) is 2.25. The van der Waals surface area contributed by atoms with Crippen LogP contribution in [0.25, 0.3) is 0 Å². The molecule has 0 bridgehead atoms. The van der Waals surface area contributed by atoms with Gasteiger partial charge in [-0.15, -0.1) is 0 Å². The lowest BCUT2D eigenvalue weighted by Crippen LogP contribution is -1.99. The highest BCUT2D eigenvalue weighted by atomic mass is 35.5. The SMILES string of the molecule is Cc1cccc(C2C(F)(F)C2(Cl)Cl)c1. The monoisotopic (exact) mass is 236 g/mol. The molecule has 1 fully saturated rings. The van der Waals surface area contributed by atoms with Crippen LogP contribution < -0.4 is 0 Å². The Balaban J connectivity index is 2.36. The van der Waals surface area contributed by atoms with Crippen LogP contribution in [-0.2, 0) is 0 Å². The zero-order valence-corrected chi connectivity index (χ0v) is 8.91. The molecule has 0 aliphatic heterocycles. The van der Waals surface area contributed by atoms with E-state index in [1.54, 1.807) is 18.2 Å². The molecule has 14 heavy (non-hydrogen) atoms. The van der Waals surface area contributed by atoms with E-state index in [0.29, 0.717) is 5.56 Å². The smallest absolute Gasteiger partial charge is 0.203 e. The normalized spacial score (nSPS) is 27.4. The molecule has 0 saturated heterocycles. The van der Waals surface area contributed by atoms with Crippen molar-refractivity contribution in [1.82, 2.24) is 0 Å². The third-order valence-electron chi connectivity index (χ3n) is 2.46. The van der Waals surface area contributed by atoms with Crippen LogP contribution in [0.15, 0.2) is 24.3 Å². The summed E-state index contributed by atoms with van der Waals surface area (Å²) in [5, 5.41) is 0. The molecule has 1 aliphatic carbocycles. The van der Waals surface area contributed by atoms with E-state index in [1.807, 2.05) is 13.0 Å². The highest BCUT2D eigenvalue weighted by Crippen LogP contribution is 2.70. The second-order valence-electron chi connectivity index (χ2n) is 3.59. The zero-order valence-electron chi connectivity index (χ0n) is 7.40. The number of halogens is 4. The molecule has 0 amide bonds. The van der Waals surface area contributed by atoms with Crippen molar-refractivity contribution in [2.45, 2.75) is 23.1 Å². The van der Waals surface area contributed by atoms with Gasteiger partial charge in [0.05, 0.1) is 5.92 Å². The van der Waals surface area contributed by atoms with E-state index in [0.717, 1.165) is 5.56 Å². The summed E-state index contributed by atoms with van der Waals surface area (Å²) >= 11 is 11.0. The molecule has 1 unspecified atom stereocenters. The Morgan fingerprint density at radius 2 is 1.86 bits per heavy atom. The molecule has 0 spiro atoms. The molecule has 1 saturated carbocycles. The van der Waals surface area contributed by atoms with Crippen LogP contribution in [0.2, 0.25) is 0 Å². The predicted octanol–water partition coefficient (Wildman–Crippen LogP) is 3.90. The lowest BCUT2D eigenvalue weighted by Gasteiger charge is -1.99. The molecule has 0 radical (unpaired) electrons. The Hall–Kier alpha value is -0.340. The number of benzene rings is 1. The van der Waals surface area contributed by atoms with E-state index < -0.39 is 16.2 Å². The molecule has 1 aromatic carbocycles. The van der Waals surface area contributed by atoms with E-state index in [9.17, 15) is 8.78 Å². The van der Waals surface area contributed by atoms with Crippen LogP contribution in [-0.4, -0.2) is 10.3 Å². The minimum atomic E-state index is -3.01. The van der Waals surface area contributed by atoms with Gasteiger partial charge in [-0.05, 0) is 12.5 Å². The second-order valence-corrected chi connectivity index (χ2v) is 4.98. The fraction of sp³-hybridized carbons (Fsp3) is 0.400. The van der Waals surface area contributed by atoms with Crippen LogP contribution >= 0.6 is 23.2 Å². The highest BCUT2D eigenvalue weighted by Gasteiger charge is 2.80. The summed E-state index contributed by atoms with van der Waals surface area (Å²) in [6.07, 6.45) is 0. The summed E-state index contributed by atoms with van der Waals surface area (Å²) in [7, 11) is 0. The van der Waals surface area contributed by atoms with Crippen molar-refractivity contribution >= 4 is 23.2 Å². The first-order valence-electron chi connectivity index (χ1n) is 4.19. The molecule has 0 heterocycles. The maximum Gasteiger partial charge on any atom is 0.291 e. The fourth-order valence-electron chi connectivity index (χ4n) is 1.61. The molecule has 4 heteroatoms. The van der Waals surface area contributed by atoms with E-state index in [4.69, 9.17) is 23.2 Å². The minimum absolute atomic E-state index is 0.500. The molecule has 76 valence electrons. The van der Waals surface area contributed by atoms with Crippen LogP contribution in [0.3, 0.4) is 0 Å². The van der Waals surface area contributed by atoms with Gasteiger partial charge in [0.25, 0.3) is 5.92 Å². The Bertz CT molecular complexity index is 360. The Labute approximate surface area is 90.8 Å². The molecule has 0 N–H and O–H groups in total. The third-order valence-corrected chi connectivity index (χ3v) is 3.40. The maximum absolute atomic E-state index is 13.1. The van der Waals surface area contributed by atoms with E-state index in [-0.39, 0.29) is 0 Å². The predicted molar refractivity (Wildman–Crippen MR) is 53.3 cm³/mol. The van der Waals surface area contributed by atoms with Crippen molar-refractivity contribution in [1.29, 1.82) is 0 Å². The number of alkyl halides is 4. The average molecular weight is 237 g/mol. The topological polar surface area (TPSA) is 0 Å². The molecular weight excluding hydrogens is 229 g/mol. The lowest BCUT2D eigenvalue weighted by atomic mass is 10.1. The van der Waals surface area contributed by atoms with E-state index in [1.165, 1.54) is 0 Å². The maximum atomic E-state index is 13.1. The van der Waals surface area contributed by atoms with Gasteiger partial charge < -0.3 is 0 Å². The lowest BCUT2D eigenvalue weighted by molar-refractivity contribution is 0.109. The van der Waals surface area contributed by atoms with Crippen molar-refractivity contribution < 1.29 is 8.78 Å². The molecule has 0 nitrogen and oxygen atoms in total. The van der Waals surface area contributed by atoms with Gasteiger partial charge in [-0.3, -0.25) is 0 Å². The molecular formula is C10H8Cl2F2. The van der Waals surface area contributed by atoms with Gasteiger partial charge in [0.1, 0.15) is 0 Å². The number of hydrogen-bond donors (Lipinski definition) is 0. The molecule has 2 rings (SSSR count). The number of hydrogen-bond acceptors (Lipinski definition) is 0.